The molecule has 92 valence electrons. The van der Waals surface area contributed by atoms with Gasteiger partial charge in [0.2, 0.25) is 0 Å². The highest BCUT2D eigenvalue weighted by Gasteiger charge is 2.17. The van der Waals surface area contributed by atoms with Gasteiger partial charge in [-0.25, -0.2) is 9.78 Å². The number of aryl methyl sites for hydroxylation is 2. The Bertz CT molecular complexity index is 394. The van der Waals surface area contributed by atoms with Crippen molar-refractivity contribution in [2.45, 2.75) is 13.8 Å². The van der Waals surface area contributed by atoms with Crippen molar-refractivity contribution in [2.24, 2.45) is 0 Å². The second-order valence-corrected chi connectivity index (χ2v) is 4.20. The third-order valence-electron chi connectivity index (χ3n) is 2.63. The number of pyridine rings is 1. The Morgan fingerprint density at radius 1 is 1.35 bits per heavy atom. The molecule has 0 radical (unpaired) electrons. The highest BCUT2D eigenvalue weighted by molar-refractivity contribution is 5.88. The number of hydrogen-bond acceptors (Lipinski definition) is 3. The molecule has 2 rings (SSSR count). The van der Waals surface area contributed by atoms with Gasteiger partial charge in [0, 0.05) is 18.8 Å². The number of hydrogen-bond donors (Lipinski definition) is 1. The van der Waals surface area contributed by atoms with E-state index in [2.05, 4.69) is 10.3 Å². The second kappa shape index (κ2) is 5.14. The summed E-state index contributed by atoms with van der Waals surface area (Å²) in [5.74, 6) is 0.610. The van der Waals surface area contributed by atoms with Crippen LogP contribution in [-0.2, 0) is 4.74 Å². The van der Waals surface area contributed by atoms with E-state index in [1.54, 1.807) is 4.90 Å². The van der Waals surface area contributed by atoms with E-state index in [1.807, 2.05) is 26.0 Å². The number of carbonyl (C=O) groups excluding carboxylic acids is 1. The molecule has 5 nitrogen and oxygen atoms in total. The Balaban J connectivity index is 2.01. The zero-order valence-corrected chi connectivity index (χ0v) is 10.2. The van der Waals surface area contributed by atoms with E-state index >= 15 is 0 Å². The average molecular weight is 235 g/mol. The van der Waals surface area contributed by atoms with Gasteiger partial charge in [0.15, 0.2) is 0 Å². The van der Waals surface area contributed by atoms with Gasteiger partial charge in [0.05, 0.1) is 13.2 Å². The van der Waals surface area contributed by atoms with Crippen molar-refractivity contribution >= 4 is 11.8 Å². The molecule has 1 aromatic rings. The minimum atomic E-state index is -0.106. The fourth-order valence-corrected chi connectivity index (χ4v) is 1.86. The van der Waals surface area contributed by atoms with Gasteiger partial charge in [-0.05, 0) is 31.5 Å². The molecule has 1 saturated heterocycles. The molecule has 1 N–H and O–H groups in total. The molecule has 0 aromatic carbocycles. The quantitative estimate of drug-likeness (QED) is 0.803. The molecule has 2 heterocycles. The Hall–Kier alpha value is -1.62. The van der Waals surface area contributed by atoms with Crippen molar-refractivity contribution in [3.63, 3.8) is 0 Å². The van der Waals surface area contributed by atoms with Gasteiger partial charge >= 0.3 is 6.03 Å². The van der Waals surface area contributed by atoms with E-state index in [4.69, 9.17) is 4.74 Å². The fourth-order valence-electron chi connectivity index (χ4n) is 1.86. The first kappa shape index (κ1) is 11.9. The zero-order chi connectivity index (χ0) is 12.3. The summed E-state index contributed by atoms with van der Waals surface area (Å²) in [4.78, 5) is 17.9. The van der Waals surface area contributed by atoms with Crippen LogP contribution in [-0.4, -0.2) is 42.2 Å². The third kappa shape index (κ3) is 3.17. The predicted octanol–water partition coefficient (Wildman–Crippen LogP) is 1.56. The molecular formula is C12H17N3O2. The average Bonchev–Trinajstić information content (AvgIpc) is 2.28. The molecule has 1 aliphatic rings. The van der Waals surface area contributed by atoms with Gasteiger partial charge in [-0.2, -0.15) is 0 Å². The maximum atomic E-state index is 11.9. The first-order valence-electron chi connectivity index (χ1n) is 5.74. The van der Waals surface area contributed by atoms with Crippen LogP contribution in [0.5, 0.6) is 0 Å². The van der Waals surface area contributed by atoms with Crippen LogP contribution < -0.4 is 5.32 Å². The summed E-state index contributed by atoms with van der Waals surface area (Å²) in [7, 11) is 0. The Kier molecular flexibility index (Phi) is 3.58. The SMILES string of the molecule is Cc1cc(C)nc(NC(=O)N2CCOCC2)c1. The molecule has 5 heteroatoms. The van der Waals surface area contributed by atoms with Crippen LogP contribution in [0.25, 0.3) is 0 Å². The molecule has 17 heavy (non-hydrogen) atoms. The molecule has 0 spiro atoms. The highest BCUT2D eigenvalue weighted by atomic mass is 16.5. The van der Waals surface area contributed by atoms with Crippen molar-refractivity contribution in [3.8, 4) is 0 Å². The largest absolute Gasteiger partial charge is 0.378 e. The Morgan fingerprint density at radius 3 is 2.71 bits per heavy atom. The standard InChI is InChI=1S/C12H17N3O2/c1-9-7-10(2)13-11(8-9)14-12(16)15-3-5-17-6-4-15/h7-8H,3-6H2,1-2H3,(H,13,14,16). The van der Waals surface area contributed by atoms with Crippen LogP contribution in [0.15, 0.2) is 12.1 Å². The van der Waals surface area contributed by atoms with Crippen LogP contribution in [0, 0.1) is 13.8 Å². The Labute approximate surface area is 101 Å². The highest BCUT2D eigenvalue weighted by Crippen LogP contribution is 2.10. The number of carbonyl (C=O) groups is 1. The molecule has 1 aliphatic heterocycles. The number of ether oxygens (including phenoxy) is 1. The number of morpholine rings is 1. The number of aromatic nitrogens is 1. The lowest BCUT2D eigenvalue weighted by Gasteiger charge is -2.26. The number of amides is 2. The number of rotatable bonds is 1. The zero-order valence-electron chi connectivity index (χ0n) is 10.2. The minimum Gasteiger partial charge on any atom is -0.378 e. The lowest BCUT2D eigenvalue weighted by atomic mass is 10.2. The van der Waals surface area contributed by atoms with Crippen LogP contribution in [0.4, 0.5) is 10.6 Å². The first-order valence-corrected chi connectivity index (χ1v) is 5.74. The van der Waals surface area contributed by atoms with Gasteiger partial charge in [0.25, 0.3) is 0 Å². The maximum absolute atomic E-state index is 11.9. The van der Waals surface area contributed by atoms with E-state index in [-0.39, 0.29) is 6.03 Å². The lowest BCUT2D eigenvalue weighted by molar-refractivity contribution is 0.0564. The van der Waals surface area contributed by atoms with Gasteiger partial charge in [-0.1, -0.05) is 0 Å². The van der Waals surface area contributed by atoms with E-state index in [0.717, 1.165) is 11.3 Å². The van der Waals surface area contributed by atoms with Crippen molar-refractivity contribution in [1.29, 1.82) is 0 Å². The monoisotopic (exact) mass is 235 g/mol. The summed E-state index contributed by atoms with van der Waals surface area (Å²) in [5, 5.41) is 2.81. The van der Waals surface area contributed by atoms with Crippen molar-refractivity contribution in [3.05, 3.63) is 23.4 Å². The molecule has 0 bridgehead atoms. The molecule has 0 saturated carbocycles. The van der Waals surface area contributed by atoms with E-state index < -0.39 is 0 Å². The van der Waals surface area contributed by atoms with E-state index in [0.29, 0.717) is 32.1 Å². The topological polar surface area (TPSA) is 54.5 Å². The molecule has 1 fully saturated rings. The molecule has 2 amide bonds. The van der Waals surface area contributed by atoms with E-state index in [9.17, 15) is 4.79 Å². The number of urea groups is 1. The van der Waals surface area contributed by atoms with Crippen LogP contribution in [0.2, 0.25) is 0 Å². The summed E-state index contributed by atoms with van der Waals surface area (Å²) in [5.41, 5.74) is 2.00. The number of nitrogens with one attached hydrogen (secondary N) is 1. The van der Waals surface area contributed by atoms with Crippen molar-refractivity contribution < 1.29 is 9.53 Å². The summed E-state index contributed by atoms with van der Waals surface area (Å²) in [6, 6.07) is 3.74. The summed E-state index contributed by atoms with van der Waals surface area (Å²) < 4.78 is 5.20. The van der Waals surface area contributed by atoms with Crippen molar-refractivity contribution in [2.75, 3.05) is 31.6 Å². The van der Waals surface area contributed by atoms with E-state index in [1.165, 1.54) is 0 Å². The van der Waals surface area contributed by atoms with Gasteiger partial charge in [-0.3, -0.25) is 5.32 Å². The molecule has 0 atom stereocenters. The molecular weight excluding hydrogens is 218 g/mol. The lowest BCUT2D eigenvalue weighted by Crippen LogP contribution is -2.43. The Morgan fingerprint density at radius 2 is 2.06 bits per heavy atom. The van der Waals surface area contributed by atoms with Gasteiger partial charge in [-0.15, -0.1) is 0 Å². The van der Waals surface area contributed by atoms with Crippen molar-refractivity contribution in [1.82, 2.24) is 9.88 Å². The number of anilines is 1. The van der Waals surface area contributed by atoms with Gasteiger partial charge < -0.3 is 9.64 Å². The summed E-state index contributed by atoms with van der Waals surface area (Å²) >= 11 is 0. The van der Waals surface area contributed by atoms with Crippen LogP contribution >= 0.6 is 0 Å². The molecule has 0 unspecified atom stereocenters. The van der Waals surface area contributed by atoms with Crippen LogP contribution in [0.1, 0.15) is 11.3 Å². The minimum absolute atomic E-state index is 0.106. The maximum Gasteiger partial charge on any atom is 0.323 e. The first-order chi connectivity index (χ1) is 8.15. The summed E-state index contributed by atoms with van der Waals surface area (Å²) in [6.45, 7) is 6.38. The molecule has 0 aliphatic carbocycles. The fraction of sp³-hybridized carbons (Fsp3) is 0.500. The molecule has 1 aromatic heterocycles. The van der Waals surface area contributed by atoms with Crippen LogP contribution in [0.3, 0.4) is 0 Å². The summed E-state index contributed by atoms with van der Waals surface area (Å²) in [6.07, 6.45) is 0. The smallest absolute Gasteiger partial charge is 0.323 e. The second-order valence-electron chi connectivity index (χ2n) is 4.20. The van der Waals surface area contributed by atoms with Gasteiger partial charge in [0.1, 0.15) is 5.82 Å². The predicted molar refractivity (Wildman–Crippen MR) is 65.1 cm³/mol. The third-order valence-corrected chi connectivity index (χ3v) is 2.63. The number of nitrogens with zero attached hydrogens (tertiary/aromatic N) is 2. The normalized spacial score (nSPS) is 15.8.